The Labute approximate surface area is 163 Å². The molecule has 2 N–H and O–H groups in total. The molecule has 9 nitrogen and oxygen atoms in total. The number of hydrogen-bond acceptors (Lipinski definition) is 6. The van der Waals surface area contributed by atoms with Gasteiger partial charge in [-0.2, -0.15) is 4.68 Å². The molecule has 0 aliphatic heterocycles. The van der Waals surface area contributed by atoms with Crippen molar-refractivity contribution in [3.8, 4) is 11.1 Å². The highest BCUT2D eigenvalue weighted by atomic mass is 16.6. The lowest BCUT2D eigenvalue weighted by molar-refractivity contribution is -0.389. The van der Waals surface area contributed by atoms with E-state index in [-0.39, 0.29) is 18.9 Å². The number of nitrogens with one attached hydrogen (secondary N) is 1. The molecule has 0 atom stereocenters. The van der Waals surface area contributed by atoms with E-state index in [1.54, 1.807) is 65.1 Å². The molecule has 9 heteroatoms. The van der Waals surface area contributed by atoms with Crippen LogP contribution in [0.2, 0.25) is 0 Å². The summed E-state index contributed by atoms with van der Waals surface area (Å²) in [6.45, 7) is 8.96. The fourth-order valence-corrected chi connectivity index (χ4v) is 2.52. The van der Waals surface area contributed by atoms with E-state index < -0.39 is 22.2 Å². The van der Waals surface area contributed by atoms with Crippen molar-refractivity contribution in [2.75, 3.05) is 0 Å². The quantitative estimate of drug-likeness (QED) is 0.577. The topological polar surface area (TPSA) is 120 Å². The largest absolute Gasteiger partial charge is 0.444 e. The van der Waals surface area contributed by atoms with E-state index in [1.165, 1.54) is 4.68 Å². The first-order valence-electron chi connectivity index (χ1n) is 8.84. The monoisotopic (exact) mass is 390 g/mol. The molecule has 1 amide bonds. The van der Waals surface area contributed by atoms with Crippen LogP contribution in [0.5, 0.6) is 0 Å². The standard InChI is InChI=1S/C19H26N4O5/c1-18(2,3)28-17(24)20-10-13-6-8-14(9-7-13)15-11-22(12-19(4,5)25)21-16(15)23(26)27/h6-9,11,25H,10,12H2,1-5H3,(H,20,24). The van der Waals surface area contributed by atoms with E-state index in [9.17, 15) is 20.0 Å². The van der Waals surface area contributed by atoms with E-state index in [1.807, 2.05) is 0 Å². The molecule has 0 unspecified atom stereocenters. The van der Waals surface area contributed by atoms with Crippen molar-refractivity contribution in [2.24, 2.45) is 0 Å². The minimum atomic E-state index is -1.05. The fraction of sp³-hybridized carbons (Fsp3) is 0.474. The van der Waals surface area contributed by atoms with Gasteiger partial charge in [0.25, 0.3) is 0 Å². The Balaban J connectivity index is 2.14. The highest BCUT2D eigenvalue weighted by Gasteiger charge is 2.25. The molecule has 0 saturated heterocycles. The molecule has 28 heavy (non-hydrogen) atoms. The Morgan fingerprint density at radius 2 is 1.86 bits per heavy atom. The molecule has 1 aromatic heterocycles. The van der Waals surface area contributed by atoms with Crippen LogP contribution in [0, 0.1) is 10.1 Å². The zero-order chi connectivity index (χ0) is 21.1. The third-order valence-electron chi connectivity index (χ3n) is 3.56. The average molecular weight is 390 g/mol. The molecule has 0 bridgehead atoms. The van der Waals surface area contributed by atoms with Crippen molar-refractivity contribution in [3.63, 3.8) is 0 Å². The van der Waals surface area contributed by atoms with Crippen LogP contribution in [0.4, 0.5) is 10.6 Å². The first-order chi connectivity index (χ1) is 12.8. The van der Waals surface area contributed by atoms with Crippen LogP contribution in [-0.4, -0.2) is 37.1 Å². The van der Waals surface area contributed by atoms with E-state index in [0.29, 0.717) is 11.1 Å². The van der Waals surface area contributed by atoms with Crippen LogP contribution >= 0.6 is 0 Å². The molecule has 152 valence electrons. The molecule has 0 radical (unpaired) electrons. The zero-order valence-electron chi connectivity index (χ0n) is 16.7. The van der Waals surface area contributed by atoms with Gasteiger partial charge in [0, 0.05) is 6.54 Å². The Morgan fingerprint density at radius 3 is 2.36 bits per heavy atom. The van der Waals surface area contributed by atoms with Crippen LogP contribution < -0.4 is 5.32 Å². The SMILES string of the molecule is CC(C)(O)Cn1cc(-c2ccc(CNC(=O)OC(C)(C)C)cc2)c([N+](=O)[O-])n1. The van der Waals surface area contributed by atoms with Crippen LogP contribution in [-0.2, 0) is 17.8 Å². The summed E-state index contributed by atoms with van der Waals surface area (Å²) >= 11 is 0. The smallest absolute Gasteiger partial charge is 0.407 e. The number of nitro groups is 1. The molecular weight excluding hydrogens is 364 g/mol. The number of carbonyl (C=O) groups is 1. The fourth-order valence-electron chi connectivity index (χ4n) is 2.52. The third-order valence-corrected chi connectivity index (χ3v) is 3.56. The number of nitrogens with zero attached hydrogens (tertiary/aromatic N) is 3. The Hall–Kier alpha value is -2.94. The number of aromatic nitrogens is 2. The predicted octanol–water partition coefficient (Wildman–Crippen LogP) is 3.25. The van der Waals surface area contributed by atoms with Crippen LogP contribution in [0.25, 0.3) is 11.1 Å². The first-order valence-corrected chi connectivity index (χ1v) is 8.84. The second-order valence-corrected chi connectivity index (χ2v) is 8.19. The molecule has 2 aromatic rings. The number of alkyl carbamates (subject to hydrolysis) is 1. The van der Waals surface area contributed by atoms with Crippen molar-refractivity contribution in [2.45, 2.75) is 58.9 Å². The van der Waals surface area contributed by atoms with Crippen LogP contribution in [0.3, 0.4) is 0 Å². The molecule has 0 aliphatic carbocycles. The molecule has 0 fully saturated rings. The second kappa shape index (κ2) is 7.97. The minimum Gasteiger partial charge on any atom is -0.444 e. The van der Waals surface area contributed by atoms with Gasteiger partial charge >= 0.3 is 11.9 Å². The summed E-state index contributed by atoms with van der Waals surface area (Å²) in [7, 11) is 0. The second-order valence-electron chi connectivity index (χ2n) is 8.19. The van der Waals surface area contributed by atoms with Gasteiger partial charge in [-0.1, -0.05) is 24.3 Å². The van der Waals surface area contributed by atoms with E-state index in [4.69, 9.17) is 4.74 Å². The molecule has 2 rings (SSSR count). The maximum Gasteiger partial charge on any atom is 0.407 e. The maximum absolute atomic E-state index is 11.7. The van der Waals surface area contributed by atoms with Crippen molar-refractivity contribution in [1.82, 2.24) is 15.1 Å². The number of ether oxygens (including phenoxy) is 1. The van der Waals surface area contributed by atoms with Gasteiger partial charge in [0.2, 0.25) is 0 Å². The summed E-state index contributed by atoms with van der Waals surface area (Å²) in [6.07, 6.45) is 1.03. The number of benzene rings is 1. The molecule has 1 heterocycles. The van der Waals surface area contributed by atoms with Crippen molar-refractivity contribution >= 4 is 11.9 Å². The zero-order valence-corrected chi connectivity index (χ0v) is 16.7. The van der Waals surface area contributed by atoms with Gasteiger partial charge in [-0.05, 0) is 50.7 Å². The highest BCUT2D eigenvalue weighted by Crippen LogP contribution is 2.29. The summed E-state index contributed by atoms with van der Waals surface area (Å²) in [5.74, 6) is -0.274. The third kappa shape index (κ3) is 6.34. The number of aliphatic hydroxyl groups is 1. The minimum absolute atomic E-state index is 0.131. The maximum atomic E-state index is 11.7. The normalized spacial score (nSPS) is 11.9. The summed E-state index contributed by atoms with van der Waals surface area (Å²) in [5, 5.41) is 27.9. The lowest BCUT2D eigenvalue weighted by atomic mass is 10.1. The molecule has 0 aliphatic rings. The first kappa shape index (κ1) is 21.4. The van der Waals surface area contributed by atoms with Crippen molar-refractivity contribution in [1.29, 1.82) is 0 Å². The highest BCUT2D eigenvalue weighted by molar-refractivity contribution is 5.71. The molecule has 0 saturated carbocycles. The predicted molar refractivity (Wildman–Crippen MR) is 104 cm³/mol. The Bertz CT molecular complexity index is 845. The van der Waals surface area contributed by atoms with Crippen LogP contribution in [0.15, 0.2) is 30.5 Å². The summed E-state index contributed by atoms with van der Waals surface area (Å²) < 4.78 is 6.55. The van der Waals surface area contributed by atoms with Crippen molar-refractivity contribution < 1.29 is 19.6 Å². The molecule has 1 aromatic carbocycles. The summed E-state index contributed by atoms with van der Waals surface area (Å²) in [5.41, 5.74) is 0.182. The molecular formula is C19H26N4O5. The average Bonchev–Trinajstić information content (AvgIpc) is 2.94. The number of amides is 1. The summed E-state index contributed by atoms with van der Waals surface area (Å²) in [4.78, 5) is 22.5. The lowest BCUT2D eigenvalue weighted by Gasteiger charge is -2.19. The Kier molecular flexibility index (Phi) is 6.08. The number of rotatable bonds is 6. The van der Waals surface area contributed by atoms with Gasteiger partial charge in [0.15, 0.2) is 0 Å². The van der Waals surface area contributed by atoms with Gasteiger partial charge in [-0.25, -0.2) is 4.79 Å². The van der Waals surface area contributed by atoms with E-state index in [2.05, 4.69) is 10.4 Å². The van der Waals surface area contributed by atoms with E-state index in [0.717, 1.165) is 5.56 Å². The van der Waals surface area contributed by atoms with Gasteiger partial charge in [-0.15, -0.1) is 0 Å². The van der Waals surface area contributed by atoms with Gasteiger partial charge in [-0.3, -0.25) is 0 Å². The molecule has 0 spiro atoms. The number of hydrogen-bond donors (Lipinski definition) is 2. The van der Waals surface area contributed by atoms with Gasteiger partial charge < -0.3 is 25.3 Å². The summed E-state index contributed by atoms with van der Waals surface area (Å²) in [6, 6.07) is 6.99. The van der Waals surface area contributed by atoms with Crippen LogP contribution in [0.1, 0.15) is 40.2 Å². The van der Waals surface area contributed by atoms with Crippen molar-refractivity contribution in [3.05, 3.63) is 46.1 Å². The van der Waals surface area contributed by atoms with E-state index >= 15 is 0 Å². The Morgan fingerprint density at radius 1 is 1.25 bits per heavy atom. The van der Waals surface area contributed by atoms with Gasteiger partial charge in [0.1, 0.15) is 11.2 Å². The van der Waals surface area contributed by atoms with Gasteiger partial charge in [0.05, 0.1) is 23.4 Å². The number of carbonyl (C=O) groups excluding carboxylic acids is 1. The lowest BCUT2D eigenvalue weighted by Crippen LogP contribution is -2.32.